The number of nitro benzene ring substituents is 8. The number of ketones is 1. The first kappa shape index (κ1) is 94.6. The Balaban J connectivity index is 0.000000309. The molecule has 0 bridgehead atoms. The van der Waals surface area contributed by atoms with Gasteiger partial charge in [0.1, 0.15) is 47.1 Å². The van der Waals surface area contributed by atoms with Crippen molar-refractivity contribution in [2.75, 3.05) is 108 Å². The van der Waals surface area contributed by atoms with E-state index >= 15 is 0 Å². The van der Waals surface area contributed by atoms with Crippen LogP contribution in [-0.2, 0) is 62.0 Å². The summed E-state index contributed by atoms with van der Waals surface area (Å²) in [5, 5.41) is 100. The Kier molecular flexibility index (Phi) is 40.7. The van der Waals surface area contributed by atoms with E-state index < -0.39 is 74.6 Å². The number of ether oxygens (including phenoxy) is 8. The van der Waals surface area contributed by atoms with Crippen LogP contribution in [0, 0.1) is 80.9 Å². The molecule has 7 aromatic rings. The number of carbonyl (C=O) groups is 4. The first-order chi connectivity index (χ1) is 56.0. The number of halogens is 1. The molecule has 8 rings (SSSR count). The summed E-state index contributed by atoms with van der Waals surface area (Å²) in [6, 6.07) is 13.4. The fourth-order valence-electron chi connectivity index (χ4n) is 10.4. The summed E-state index contributed by atoms with van der Waals surface area (Å²) in [5.41, 5.74) is -0.567. The number of carbonyl (C=O) groups excluding carboxylic acids is 4. The normalized spacial score (nSPS) is 12.6. The lowest BCUT2D eigenvalue weighted by molar-refractivity contribution is -0.394. The second-order valence-corrected chi connectivity index (χ2v) is 25.0. The van der Waals surface area contributed by atoms with E-state index in [1.54, 1.807) is 26.4 Å². The summed E-state index contributed by atoms with van der Waals surface area (Å²) in [6.07, 6.45) is 14.8. The second-order valence-electron chi connectivity index (χ2n) is 24.6. The lowest BCUT2D eigenvalue weighted by atomic mass is 10.0. The van der Waals surface area contributed by atoms with E-state index in [2.05, 4.69) is 46.5 Å². The van der Waals surface area contributed by atoms with Crippen molar-refractivity contribution < 1.29 is 96.5 Å². The summed E-state index contributed by atoms with van der Waals surface area (Å²) in [6.45, 7) is 11.2. The molecular formula is C69H88ClN19O28. The molecule has 3 aromatic heterocycles. The minimum Gasteiger partial charge on any atom is -0.446 e. The van der Waals surface area contributed by atoms with Crippen molar-refractivity contribution in [3.8, 4) is 0 Å². The third-order valence-corrected chi connectivity index (χ3v) is 16.5. The number of benzene rings is 4. The highest BCUT2D eigenvalue weighted by Gasteiger charge is 2.36. The number of hydrogen-bond acceptors (Lipinski definition) is 34. The van der Waals surface area contributed by atoms with Crippen LogP contribution >= 0.6 is 11.6 Å². The van der Waals surface area contributed by atoms with Crippen LogP contribution in [0.1, 0.15) is 96.1 Å². The summed E-state index contributed by atoms with van der Waals surface area (Å²) in [5.74, 6) is -1.26. The van der Waals surface area contributed by atoms with Gasteiger partial charge in [-0.05, 0) is 70.7 Å². The first-order valence-corrected chi connectivity index (χ1v) is 36.6. The van der Waals surface area contributed by atoms with E-state index in [9.17, 15) is 100 Å². The zero-order valence-electron chi connectivity index (χ0n) is 63.8. The summed E-state index contributed by atoms with van der Waals surface area (Å²) in [4.78, 5) is 144. The molecule has 2 unspecified atom stereocenters. The molecular weight excluding hydrogens is 1580 g/mol. The molecule has 0 aliphatic carbocycles. The minimum atomic E-state index is -1.50. The monoisotopic (exact) mass is 1670 g/mol. The third-order valence-electron chi connectivity index (χ3n) is 16.2. The quantitative estimate of drug-likeness (QED) is 0.00893. The van der Waals surface area contributed by atoms with Crippen LogP contribution in [0.4, 0.5) is 76.9 Å². The van der Waals surface area contributed by atoms with Crippen molar-refractivity contribution >= 4 is 98.2 Å². The Hall–Kier alpha value is -13.0. The number of rotatable bonds is 48. The molecule has 117 heavy (non-hydrogen) atoms. The second kappa shape index (κ2) is 50.3. The maximum Gasteiger partial charge on any atom is 0.419 e. The number of anilines is 3. The van der Waals surface area contributed by atoms with Gasteiger partial charge in [-0.1, -0.05) is 31.4 Å². The number of nitro groups is 8. The van der Waals surface area contributed by atoms with Gasteiger partial charge in [0.2, 0.25) is 0 Å². The average Bonchev–Trinajstić information content (AvgIpc) is 1.79. The molecule has 0 radical (unpaired) electrons. The number of hydrogen-bond donors (Lipinski definition) is 6. The molecule has 1 aliphatic heterocycles. The van der Waals surface area contributed by atoms with Crippen molar-refractivity contribution in [3.63, 3.8) is 0 Å². The Morgan fingerprint density at radius 2 is 0.949 bits per heavy atom. The van der Waals surface area contributed by atoms with E-state index in [-0.39, 0.29) is 121 Å². The standard InChI is InChI=1S/C31H45N7O11.C21H29N5O9.C11H11N5O4.C6H3ClN2O4/c1-23-27(35-30(40)34-23)8-4-2-3-6-26(39)7-5-13-46-14-15-47-16-17-48-18-19-49-31(41)36-21-24(33-22-36)11-12-32-28-10-9-25(37(42)43)20-29(28)38(44)45;1-4-11-35-21(33-5-2,34-6-3)14-32-20(27)24-13-16(23-15-24)9-10-22-18-8-7-17(25(28)29)12-19(18)26(30)31;17-15(18)9-1-2-10(11(5-9)16(19)20)13-4-3-8-6-12-7-14-8;7-5-2-1-4(8(10)11)3-6(5)9(12)13/h9-10,20-23,27,32H,2-8,11-19H2,1H3,(H2,34,35,40);7-8,12-13,15,22H,4-6,9-11,14H2,1-3H3;1-2,5-7,13H,3-4H2,(H,12,14);1-3H. The van der Waals surface area contributed by atoms with Gasteiger partial charge in [0, 0.05) is 126 Å². The molecule has 2 amide bonds. The van der Waals surface area contributed by atoms with Crippen molar-refractivity contribution in [2.24, 2.45) is 0 Å². The fourth-order valence-corrected chi connectivity index (χ4v) is 10.6. The lowest BCUT2D eigenvalue weighted by Crippen LogP contribution is -2.45. The molecule has 1 saturated heterocycles. The Labute approximate surface area is 669 Å². The number of urea groups is 1. The molecule has 6 N–H and O–H groups in total. The van der Waals surface area contributed by atoms with Crippen LogP contribution in [0.3, 0.4) is 0 Å². The van der Waals surface area contributed by atoms with E-state index in [0.717, 1.165) is 78.8 Å². The molecule has 634 valence electrons. The smallest absolute Gasteiger partial charge is 0.419 e. The maximum absolute atomic E-state index is 12.5. The highest BCUT2D eigenvalue weighted by Crippen LogP contribution is 2.33. The predicted octanol–water partition coefficient (Wildman–Crippen LogP) is 11.3. The van der Waals surface area contributed by atoms with Gasteiger partial charge < -0.3 is 69.5 Å². The Morgan fingerprint density at radius 3 is 1.38 bits per heavy atom. The zero-order valence-corrected chi connectivity index (χ0v) is 64.6. The number of Topliss-reactive ketones (excluding diaryl/α,β-unsaturated/α-hetero) is 1. The van der Waals surface area contributed by atoms with Crippen molar-refractivity contribution in [1.29, 1.82) is 0 Å². The van der Waals surface area contributed by atoms with Crippen LogP contribution in [0.2, 0.25) is 5.02 Å². The number of unbranched alkanes of at least 4 members (excludes halogenated alkanes) is 2. The van der Waals surface area contributed by atoms with Crippen LogP contribution in [0.5, 0.6) is 0 Å². The summed E-state index contributed by atoms with van der Waals surface area (Å²) in [7, 11) is 0. The van der Waals surface area contributed by atoms with E-state index in [1.807, 2.05) is 13.8 Å². The molecule has 4 heterocycles. The van der Waals surface area contributed by atoms with Gasteiger partial charge in [-0.2, -0.15) is 0 Å². The molecule has 47 nitrogen and oxygen atoms in total. The Bertz CT molecular complexity index is 4450. The highest BCUT2D eigenvalue weighted by atomic mass is 35.5. The molecule has 2 atom stereocenters. The highest BCUT2D eigenvalue weighted by molar-refractivity contribution is 6.32. The van der Waals surface area contributed by atoms with Gasteiger partial charge >= 0.3 is 24.2 Å². The number of aromatic nitrogens is 6. The van der Waals surface area contributed by atoms with Crippen molar-refractivity contribution in [1.82, 2.24) is 39.7 Å². The van der Waals surface area contributed by atoms with Crippen molar-refractivity contribution in [3.05, 3.63) is 213 Å². The topological polar surface area (TPSA) is 612 Å². The third kappa shape index (κ3) is 33.6. The zero-order chi connectivity index (χ0) is 85.8. The molecule has 1 aliphatic rings. The average molecular weight is 1670 g/mol. The largest absolute Gasteiger partial charge is 0.446 e. The number of aromatic amines is 1. The molecule has 1 fully saturated rings. The van der Waals surface area contributed by atoms with Crippen LogP contribution in [-0.4, -0.2) is 203 Å². The Morgan fingerprint density at radius 1 is 0.513 bits per heavy atom. The van der Waals surface area contributed by atoms with Gasteiger partial charge in [-0.25, -0.2) is 38.5 Å². The number of non-ortho nitro benzene ring substituents is 4. The number of imidazole rings is 3. The minimum absolute atomic E-state index is 0.0245. The van der Waals surface area contributed by atoms with E-state index in [4.69, 9.17) is 49.5 Å². The maximum atomic E-state index is 12.5. The number of H-pyrrole nitrogens is 1. The predicted molar refractivity (Wildman–Crippen MR) is 414 cm³/mol. The molecule has 48 heteroatoms. The fraction of sp³-hybridized carbons (Fsp3) is 0.464. The van der Waals surface area contributed by atoms with Gasteiger partial charge in [-0.15, -0.1) is 0 Å². The van der Waals surface area contributed by atoms with Crippen molar-refractivity contribution in [2.45, 2.75) is 116 Å². The number of nitrogens with one attached hydrogen (secondary N) is 6. The molecule has 0 saturated carbocycles. The van der Waals surface area contributed by atoms with E-state index in [0.29, 0.717) is 96.1 Å². The number of nitrogens with zero attached hydrogens (tertiary/aromatic N) is 13. The van der Waals surface area contributed by atoms with Gasteiger partial charge in [0.05, 0.1) is 127 Å². The summed E-state index contributed by atoms with van der Waals surface area (Å²) < 4.78 is 45.9. The van der Waals surface area contributed by atoms with E-state index in [1.165, 1.54) is 66.0 Å². The molecule has 0 spiro atoms. The number of amides is 2. The van der Waals surface area contributed by atoms with Crippen LogP contribution in [0.25, 0.3) is 0 Å². The first-order valence-electron chi connectivity index (χ1n) is 36.2. The van der Waals surface area contributed by atoms with Crippen LogP contribution < -0.4 is 26.6 Å². The van der Waals surface area contributed by atoms with Gasteiger partial charge in [-0.3, -0.25) is 85.7 Å². The van der Waals surface area contributed by atoms with Crippen LogP contribution in [0.15, 0.2) is 110 Å². The molecule has 4 aromatic carbocycles. The summed E-state index contributed by atoms with van der Waals surface area (Å²) >= 11 is 5.43. The lowest BCUT2D eigenvalue weighted by Gasteiger charge is -2.31. The van der Waals surface area contributed by atoms with Gasteiger partial charge in [0.15, 0.2) is 6.61 Å². The van der Waals surface area contributed by atoms with Gasteiger partial charge in [0.25, 0.3) is 45.5 Å². The SMILES string of the molecule is CC1NC(=O)NC1CCCCCC(=O)CCCOCCOCCOCCOC(=O)n1cnc(CCNc2ccc([N+](=O)[O-])cc2[N+](=O)[O-])c1.CCCOC(COC(=O)n1cnc(CCNc2ccc([N+](=O)[O-])cc2[N+](=O)[O-])c1)(OCC)OCC.O=[N+]([O-])c1ccc(Cl)c([N+](=O)[O-])c1.O=[N+]([O-])c1ccc(NCCc2cnc[nH]2)c([N+](=O)[O-])c1.